The minimum Gasteiger partial charge on any atom is -0.490 e. The smallest absolute Gasteiger partial charge is 0.147 e. The van der Waals surface area contributed by atoms with E-state index in [9.17, 15) is 0 Å². The van der Waals surface area contributed by atoms with Crippen molar-refractivity contribution >= 4 is 47.8 Å². The van der Waals surface area contributed by atoms with Crippen molar-refractivity contribution in [3.05, 3.63) is 55.4 Å². The van der Waals surface area contributed by atoms with Crippen LogP contribution in [0.15, 0.2) is 49.8 Å². The first-order chi connectivity index (χ1) is 10.1. The fraction of sp³-hybridized carbons (Fsp3) is 0.200. The quantitative estimate of drug-likeness (QED) is 0.596. The average Bonchev–Trinajstić information content (AvgIpc) is 2.45. The lowest BCUT2D eigenvalue weighted by molar-refractivity contribution is 0.215. The lowest BCUT2D eigenvalue weighted by Gasteiger charge is -2.12. The molecule has 2 aromatic rings. The second-order valence-corrected chi connectivity index (χ2v) is 6.83. The molecule has 2 rings (SSSR count). The fourth-order valence-electron chi connectivity index (χ4n) is 1.70. The van der Waals surface area contributed by atoms with E-state index < -0.39 is 0 Å². The highest BCUT2D eigenvalue weighted by Gasteiger charge is 2.08. The van der Waals surface area contributed by atoms with Crippen molar-refractivity contribution in [1.82, 2.24) is 0 Å². The molecular formula is C15H13Br3O3. The van der Waals surface area contributed by atoms with Crippen molar-refractivity contribution < 1.29 is 14.6 Å². The Morgan fingerprint density at radius 3 is 2.19 bits per heavy atom. The number of rotatable bonds is 6. The molecule has 6 heteroatoms. The Morgan fingerprint density at radius 1 is 0.905 bits per heavy atom. The van der Waals surface area contributed by atoms with Gasteiger partial charge in [-0.15, -0.1) is 0 Å². The Kier molecular flexibility index (Phi) is 6.54. The molecule has 0 aliphatic heterocycles. The third-order valence-electron chi connectivity index (χ3n) is 2.64. The zero-order valence-corrected chi connectivity index (χ0v) is 15.7. The number of benzene rings is 2. The zero-order valence-electron chi connectivity index (χ0n) is 11.0. The highest BCUT2D eigenvalue weighted by atomic mass is 79.9. The van der Waals surface area contributed by atoms with E-state index in [4.69, 9.17) is 14.6 Å². The van der Waals surface area contributed by atoms with Gasteiger partial charge in [0.25, 0.3) is 0 Å². The first-order valence-corrected chi connectivity index (χ1v) is 8.58. The van der Waals surface area contributed by atoms with E-state index in [0.717, 1.165) is 24.7 Å². The van der Waals surface area contributed by atoms with Crippen molar-refractivity contribution in [3.63, 3.8) is 0 Å². The Morgan fingerprint density at radius 2 is 1.57 bits per heavy atom. The highest BCUT2D eigenvalue weighted by Crippen LogP contribution is 2.34. The summed E-state index contributed by atoms with van der Waals surface area (Å²) in [6, 6.07) is 11.3. The second-order valence-electron chi connectivity index (χ2n) is 4.20. The molecule has 0 aromatic heterocycles. The molecular weight excluding hydrogens is 468 g/mol. The van der Waals surface area contributed by atoms with Crippen molar-refractivity contribution in [3.8, 4) is 11.5 Å². The van der Waals surface area contributed by atoms with Crippen LogP contribution < -0.4 is 9.47 Å². The molecule has 0 bridgehead atoms. The number of aliphatic hydroxyl groups is 1. The summed E-state index contributed by atoms with van der Waals surface area (Å²) in [5.41, 5.74) is 0.812. The molecule has 0 saturated carbocycles. The van der Waals surface area contributed by atoms with Crippen molar-refractivity contribution in [2.75, 3.05) is 13.2 Å². The van der Waals surface area contributed by atoms with Crippen molar-refractivity contribution in [2.45, 2.75) is 6.61 Å². The topological polar surface area (TPSA) is 38.7 Å². The fourth-order valence-corrected chi connectivity index (χ4v) is 3.59. The molecule has 1 N–H and O–H groups in total. The number of hydrogen-bond acceptors (Lipinski definition) is 3. The lowest BCUT2D eigenvalue weighted by atomic mass is 10.2. The van der Waals surface area contributed by atoms with E-state index in [1.165, 1.54) is 0 Å². The van der Waals surface area contributed by atoms with E-state index in [-0.39, 0.29) is 6.61 Å². The first kappa shape index (κ1) is 16.8. The highest BCUT2D eigenvalue weighted by molar-refractivity contribution is 9.11. The van der Waals surface area contributed by atoms with Crippen LogP contribution in [-0.4, -0.2) is 18.3 Å². The van der Waals surface area contributed by atoms with Gasteiger partial charge < -0.3 is 14.6 Å². The van der Waals surface area contributed by atoms with Gasteiger partial charge in [0.15, 0.2) is 0 Å². The van der Waals surface area contributed by atoms with Gasteiger partial charge in [-0.1, -0.05) is 22.0 Å². The van der Waals surface area contributed by atoms with E-state index in [0.29, 0.717) is 19.0 Å². The molecule has 21 heavy (non-hydrogen) atoms. The summed E-state index contributed by atoms with van der Waals surface area (Å²) in [6.07, 6.45) is 0. The molecule has 0 atom stereocenters. The minimum absolute atomic E-state index is 0.0104. The van der Waals surface area contributed by atoms with E-state index in [2.05, 4.69) is 47.8 Å². The molecule has 2 aromatic carbocycles. The Labute approximate surface area is 148 Å². The molecule has 0 amide bonds. The van der Waals surface area contributed by atoms with Gasteiger partial charge in [-0.25, -0.2) is 0 Å². The predicted molar refractivity (Wildman–Crippen MR) is 92.9 cm³/mol. The van der Waals surface area contributed by atoms with Crippen LogP contribution >= 0.6 is 47.8 Å². The molecule has 0 unspecified atom stereocenters. The molecule has 0 heterocycles. The van der Waals surface area contributed by atoms with Crippen LogP contribution in [-0.2, 0) is 6.61 Å². The van der Waals surface area contributed by atoms with Crippen LogP contribution in [0.3, 0.4) is 0 Å². The zero-order chi connectivity index (χ0) is 15.2. The summed E-state index contributed by atoms with van der Waals surface area (Å²) in [5.74, 6) is 1.49. The molecule has 0 saturated heterocycles. The van der Waals surface area contributed by atoms with Gasteiger partial charge >= 0.3 is 0 Å². The maximum absolute atomic E-state index is 9.13. The number of aliphatic hydroxyl groups excluding tert-OH is 1. The van der Waals surface area contributed by atoms with Gasteiger partial charge in [-0.05, 0) is 67.8 Å². The summed E-state index contributed by atoms with van der Waals surface area (Å²) in [4.78, 5) is 0. The number of halogens is 3. The van der Waals surface area contributed by atoms with Crippen LogP contribution in [0.2, 0.25) is 0 Å². The van der Waals surface area contributed by atoms with Crippen LogP contribution in [0.25, 0.3) is 0 Å². The molecule has 0 fully saturated rings. The summed E-state index contributed by atoms with van der Waals surface area (Å²) in [5, 5.41) is 9.13. The summed E-state index contributed by atoms with van der Waals surface area (Å²) >= 11 is 10.3. The third-order valence-corrected chi connectivity index (χ3v) is 4.31. The molecule has 112 valence electrons. The molecule has 0 aliphatic rings. The maximum atomic E-state index is 9.13. The summed E-state index contributed by atoms with van der Waals surface area (Å²) in [6.45, 7) is 0.850. The Balaban J connectivity index is 1.89. The molecule has 0 aliphatic carbocycles. The van der Waals surface area contributed by atoms with Gasteiger partial charge in [-0.2, -0.15) is 0 Å². The predicted octanol–water partition coefficient (Wildman–Crippen LogP) is 4.92. The Hall–Kier alpha value is -0.560. The normalized spacial score (nSPS) is 10.5. The van der Waals surface area contributed by atoms with Gasteiger partial charge in [0.2, 0.25) is 0 Å². The summed E-state index contributed by atoms with van der Waals surface area (Å²) in [7, 11) is 0. The monoisotopic (exact) mass is 478 g/mol. The van der Waals surface area contributed by atoms with E-state index in [1.807, 2.05) is 36.4 Å². The number of hydrogen-bond donors (Lipinski definition) is 1. The van der Waals surface area contributed by atoms with Crippen molar-refractivity contribution in [1.29, 1.82) is 0 Å². The maximum Gasteiger partial charge on any atom is 0.147 e. The largest absolute Gasteiger partial charge is 0.490 e. The van der Waals surface area contributed by atoms with Gasteiger partial charge in [-0.3, -0.25) is 0 Å². The lowest BCUT2D eigenvalue weighted by Crippen LogP contribution is -2.09. The SMILES string of the molecule is OCc1cc(Br)c(OCCOc2cccc(Br)c2)c(Br)c1. The van der Waals surface area contributed by atoms with Gasteiger partial charge in [0, 0.05) is 4.47 Å². The van der Waals surface area contributed by atoms with Gasteiger partial charge in [0.1, 0.15) is 24.7 Å². The van der Waals surface area contributed by atoms with Crippen LogP contribution in [0.5, 0.6) is 11.5 Å². The first-order valence-electron chi connectivity index (χ1n) is 6.20. The molecule has 3 nitrogen and oxygen atoms in total. The Bertz CT molecular complexity index is 594. The second kappa shape index (κ2) is 8.17. The average molecular weight is 481 g/mol. The van der Waals surface area contributed by atoms with Crippen LogP contribution in [0, 0.1) is 0 Å². The van der Waals surface area contributed by atoms with Crippen LogP contribution in [0.4, 0.5) is 0 Å². The molecule has 0 radical (unpaired) electrons. The third kappa shape index (κ3) is 4.98. The van der Waals surface area contributed by atoms with E-state index in [1.54, 1.807) is 0 Å². The van der Waals surface area contributed by atoms with Crippen LogP contribution in [0.1, 0.15) is 5.56 Å². The van der Waals surface area contributed by atoms with Gasteiger partial charge in [0.05, 0.1) is 15.6 Å². The van der Waals surface area contributed by atoms with E-state index >= 15 is 0 Å². The standard InChI is InChI=1S/C15H13Br3O3/c16-11-2-1-3-12(8-11)20-4-5-21-15-13(17)6-10(9-19)7-14(15)18/h1-3,6-8,19H,4-5,9H2. The molecule has 0 spiro atoms. The minimum atomic E-state index is -0.0104. The van der Waals surface area contributed by atoms with Crippen molar-refractivity contribution in [2.24, 2.45) is 0 Å². The number of ether oxygens (including phenoxy) is 2. The summed E-state index contributed by atoms with van der Waals surface area (Å²) < 4.78 is 13.9.